The number of hydrogen-bond acceptors (Lipinski definition) is 2. The lowest BCUT2D eigenvalue weighted by molar-refractivity contribution is 0.101. The van der Waals surface area contributed by atoms with Crippen LogP contribution >= 0.6 is 0 Å². The summed E-state index contributed by atoms with van der Waals surface area (Å²) in [6, 6.07) is 7.37. The molecule has 1 aromatic carbocycles. The van der Waals surface area contributed by atoms with Gasteiger partial charge in [-0.2, -0.15) is 0 Å². The van der Waals surface area contributed by atoms with Gasteiger partial charge in [0.15, 0.2) is 5.78 Å². The first-order chi connectivity index (χ1) is 9.74. The van der Waals surface area contributed by atoms with Crippen molar-refractivity contribution in [2.75, 3.05) is 6.61 Å². The molecule has 2 heteroatoms. The number of allylic oxidation sites excluding steroid dienone is 2. The fourth-order valence-corrected chi connectivity index (χ4v) is 1.98. The van der Waals surface area contributed by atoms with E-state index < -0.39 is 0 Å². The van der Waals surface area contributed by atoms with E-state index >= 15 is 0 Å². The SMILES string of the molecule is C.CC/C=C\CCCCCCOc1ccc(C(C)=O)cc1. The van der Waals surface area contributed by atoms with Crippen molar-refractivity contribution >= 4 is 5.78 Å². The second kappa shape index (κ2) is 12.2. The van der Waals surface area contributed by atoms with Crippen LogP contribution in [0.1, 0.15) is 70.2 Å². The summed E-state index contributed by atoms with van der Waals surface area (Å²) in [5.74, 6) is 0.939. The van der Waals surface area contributed by atoms with E-state index in [1.54, 1.807) is 6.92 Å². The van der Waals surface area contributed by atoms with Gasteiger partial charge in [-0.25, -0.2) is 0 Å². The maximum atomic E-state index is 11.1. The summed E-state index contributed by atoms with van der Waals surface area (Å²) in [6.07, 6.45) is 11.7. The third-order valence-corrected chi connectivity index (χ3v) is 3.20. The smallest absolute Gasteiger partial charge is 0.159 e. The molecule has 0 amide bonds. The van der Waals surface area contributed by atoms with E-state index in [0.717, 1.165) is 30.8 Å². The Labute approximate surface area is 130 Å². The summed E-state index contributed by atoms with van der Waals surface area (Å²) >= 11 is 0. The largest absolute Gasteiger partial charge is 0.494 e. The quantitative estimate of drug-likeness (QED) is 0.308. The number of ether oxygens (including phenoxy) is 1. The van der Waals surface area contributed by atoms with Gasteiger partial charge in [-0.15, -0.1) is 0 Å². The van der Waals surface area contributed by atoms with Crippen molar-refractivity contribution in [3.8, 4) is 5.75 Å². The number of Topliss-reactive ketones (excluding diaryl/α,β-unsaturated/α-hetero) is 1. The highest BCUT2D eigenvalue weighted by atomic mass is 16.5. The van der Waals surface area contributed by atoms with Gasteiger partial charge in [0.2, 0.25) is 0 Å². The van der Waals surface area contributed by atoms with E-state index in [1.165, 1.54) is 25.7 Å². The maximum absolute atomic E-state index is 11.1. The second-order valence-corrected chi connectivity index (χ2v) is 5.01. The van der Waals surface area contributed by atoms with Crippen LogP contribution in [-0.4, -0.2) is 12.4 Å². The monoisotopic (exact) mass is 290 g/mol. The fraction of sp³-hybridized carbons (Fsp3) is 0.526. The highest BCUT2D eigenvalue weighted by Gasteiger charge is 1.99. The summed E-state index contributed by atoms with van der Waals surface area (Å²) in [7, 11) is 0. The molecule has 2 nitrogen and oxygen atoms in total. The van der Waals surface area contributed by atoms with Gasteiger partial charge in [0.25, 0.3) is 0 Å². The summed E-state index contributed by atoms with van der Waals surface area (Å²) in [5.41, 5.74) is 0.734. The van der Waals surface area contributed by atoms with Gasteiger partial charge in [0, 0.05) is 5.56 Å². The highest BCUT2D eigenvalue weighted by molar-refractivity contribution is 5.94. The van der Waals surface area contributed by atoms with E-state index in [4.69, 9.17) is 4.74 Å². The van der Waals surface area contributed by atoms with E-state index in [2.05, 4.69) is 19.1 Å². The molecule has 0 heterocycles. The molecule has 118 valence electrons. The maximum Gasteiger partial charge on any atom is 0.159 e. The molecule has 1 rings (SSSR count). The first-order valence-corrected chi connectivity index (χ1v) is 7.63. The fourth-order valence-electron chi connectivity index (χ4n) is 1.98. The molecule has 0 bridgehead atoms. The molecular formula is C19H30O2. The molecule has 1 aromatic rings. The average Bonchev–Trinajstić information content (AvgIpc) is 2.46. The van der Waals surface area contributed by atoms with Crippen molar-refractivity contribution in [3.63, 3.8) is 0 Å². The summed E-state index contributed by atoms with van der Waals surface area (Å²) in [6.45, 7) is 4.49. The van der Waals surface area contributed by atoms with Gasteiger partial charge >= 0.3 is 0 Å². The molecule has 0 aliphatic heterocycles. The van der Waals surface area contributed by atoms with E-state index in [1.807, 2.05) is 24.3 Å². The average molecular weight is 290 g/mol. The molecule has 0 N–H and O–H groups in total. The standard InChI is InChI=1S/C18H26O2.CH4/c1-3-4-5-6-7-8-9-10-15-20-18-13-11-17(12-14-18)16(2)19;/h4-5,11-14H,3,6-10,15H2,1-2H3;1H4/b5-4-;. The third kappa shape index (κ3) is 9.06. The zero-order chi connectivity index (χ0) is 14.6. The highest BCUT2D eigenvalue weighted by Crippen LogP contribution is 2.13. The van der Waals surface area contributed by atoms with Crippen LogP contribution < -0.4 is 4.74 Å². The van der Waals surface area contributed by atoms with Crippen molar-refractivity contribution in [3.05, 3.63) is 42.0 Å². The minimum absolute atomic E-state index is 0. The summed E-state index contributed by atoms with van der Waals surface area (Å²) in [4.78, 5) is 11.1. The van der Waals surface area contributed by atoms with Gasteiger partial charge in [-0.1, -0.05) is 39.3 Å². The van der Waals surface area contributed by atoms with Gasteiger partial charge in [0.05, 0.1) is 6.61 Å². The summed E-state index contributed by atoms with van der Waals surface area (Å²) in [5, 5.41) is 0. The van der Waals surface area contributed by atoms with Crippen molar-refractivity contribution in [2.45, 2.75) is 59.8 Å². The van der Waals surface area contributed by atoms with Crippen molar-refractivity contribution in [1.29, 1.82) is 0 Å². The molecule has 0 aromatic heterocycles. The molecule has 0 radical (unpaired) electrons. The molecule has 0 saturated carbocycles. The molecule has 0 spiro atoms. The van der Waals surface area contributed by atoms with Crippen molar-refractivity contribution in [1.82, 2.24) is 0 Å². The minimum Gasteiger partial charge on any atom is -0.494 e. The number of carbonyl (C=O) groups is 1. The normalized spacial score (nSPS) is 10.4. The zero-order valence-corrected chi connectivity index (χ0v) is 12.7. The molecular weight excluding hydrogens is 260 g/mol. The van der Waals surface area contributed by atoms with E-state index in [-0.39, 0.29) is 13.2 Å². The number of benzene rings is 1. The van der Waals surface area contributed by atoms with Gasteiger partial charge in [-0.05, 0) is 56.9 Å². The van der Waals surface area contributed by atoms with Gasteiger partial charge < -0.3 is 4.74 Å². The lowest BCUT2D eigenvalue weighted by Crippen LogP contribution is -1.98. The number of hydrogen-bond donors (Lipinski definition) is 0. The Kier molecular flexibility index (Phi) is 11.3. The Bertz CT molecular complexity index is 404. The Hall–Kier alpha value is -1.57. The first kappa shape index (κ1) is 19.4. The van der Waals surface area contributed by atoms with Crippen LogP contribution in [0.25, 0.3) is 0 Å². The third-order valence-electron chi connectivity index (χ3n) is 3.20. The van der Waals surface area contributed by atoms with Crippen LogP contribution in [-0.2, 0) is 0 Å². The lowest BCUT2D eigenvalue weighted by atomic mass is 10.1. The van der Waals surface area contributed by atoms with Crippen LogP contribution in [0.15, 0.2) is 36.4 Å². The van der Waals surface area contributed by atoms with Crippen LogP contribution in [0, 0.1) is 0 Å². The van der Waals surface area contributed by atoms with Crippen LogP contribution in [0.4, 0.5) is 0 Å². The topological polar surface area (TPSA) is 26.3 Å². The number of carbonyl (C=O) groups excluding carboxylic acids is 1. The van der Waals surface area contributed by atoms with Gasteiger partial charge in [0.1, 0.15) is 5.75 Å². The Balaban J connectivity index is 0.00000400. The first-order valence-electron chi connectivity index (χ1n) is 7.63. The molecule has 0 atom stereocenters. The zero-order valence-electron chi connectivity index (χ0n) is 12.7. The Morgan fingerprint density at radius 3 is 2.33 bits per heavy atom. The minimum atomic E-state index is 0. The predicted molar refractivity (Wildman–Crippen MR) is 91.2 cm³/mol. The van der Waals surface area contributed by atoms with E-state index in [9.17, 15) is 4.79 Å². The molecule has 0 fully saturated rings. The van der Waals surface area contributed by atoms with Crippen molar-refractivity contribution < 1.29 is 9.53 Å². The predicted octanol–water partition coefficient (Wildman–Crippen LogP) is 5.82. The molecule has 0 aliphatic carbocycles. The molecule has 0 unspecified atom stereocenters. The number of rotatable bonds is 10. The summed E-state index contributed by atoms with van der Waals surface area (Å²) < 4.78 is 5.66. The van der Waals surface area contributed by atoms with Crippen LogP contribution in [0.2, 0.25) is 0 Å². The second-order valence-electron chi connectivity index (χ2n) is 5.01. The van der Waals surface area contributed by atoms with Crippen LogP contribution in [0.3, 0.4) is 0 Å². The Morgan fingerprint density at radius 1 is 1.05 bits per heavy atom. The molecule has 0 saturated heterocycles. The van der Waals surface area contributed by atoms with E-state index in [0.29, 0.717) is 0 Å². The van der Waals surface area contributed by atoms with Crippen LogP contribution in [0.5, 0.6) is 5.75 Å². The van der Waals surface area contributed by atoms with Crippen molar-refractivity contribution in [2.24, 2.45) is 0 Å². The number of unbranched alkanes of at least 4 members (excludes halogenated alkanes) is 4. The van der Waals surface area contributed by atoms with Gasteiger partial charge in [-0.3, -0.25) is 4.79 Å². The lowest BCUT2D eigenvalue weighted by Gasteiger charge is -2.06. The Morgan fingerprint density at radius 2 is 1.71 bits per heavy atom. The number of ketones is 1. The molecule has 21 heavy (non-hydrogen) atoms. The molecule has 0 aliphatic rings.